The molecule has 0 radical (unpaired) electrons. The SMILES string of the molecule is Cc1c(C#Cc2cccnc2)sc2c1C(c1ccc(Cl)cc1)=N[C@@H](CC(=O)N1CCNCC1)c1nnc(C)n1-2. The molecular formula is C29H26ClN7OS. The number of hydrogen-bond donors (Lipinski definition) is 1. The van der Waals surface area contributed by atoms with Crippen LogP contribution in [0, 0.1) is 25.7 Å². The van der Waals surface area contributed by atoms with Gasteiger partial charge in [-0.2, -0.15) is 0 Å². The maximum absolute atomic E-state index is 13.4. The van der Waals surface area contributed by atoms with Crippen molar-refractivity contribution in [3.63, 3.8) is 0 Å². The van der Waals surface area contributed by atoms with Gasteiger partial charge in [0.05, 0.1) is 17.0 Å². The zero-order valence-electron chi connectivity index (χ0n) is 21.6. The van der Waals surface area contributed by atoms with Crippen molar-refractivity contribution >= 4 is 34.6 Å². The molecule has 5 heterocycles. The van der Waals surface area contributed by atoms with Crippen molar-refractivity contribution in [1.82, 2.24) is 30.0 Å². The van der Waals surface area contributed by atoms with Crippen molar-refractivity contribution < 1.29 is 4.79 Å². The lowest BCUT2D eigenvalue weighted by Gasteiger charge is -2.28. The van der Waals surface area contributed by atoms with E-state index in [1.54, 1.807) is 23.7 Å². The lowest BCUT2D eigenvalue weighted by Crippen LogP contribution is -2.46. The summed E-state index contributed by atoms with van der Waals surface area (Å²) in [5.41, 5.74) is 4.56. The van der Waals surface area contributed by atoms with E-state index in [9.17, 15) is 4.79 Å². The molecular weight excluding hydrogens is 530 g/mol. The second-order valence-electron chi connectivity index (χ2n) is 9.50. The molecule has 0 unspecified atom stereocenters. The number of pyridine rings is 1. The predicted molar refractivity (Wildman–Crippen MR) is 153 cm³/mol. The van der Waals surface area contributed by atoms with Gasteiger partial charge in [0.2, 0.25) is 5.91 Å². The lowest BCUT2D eigenvalue weighted by atomic mass is 9.99. The van der Waals surface area contributed by atoms with Crippen LogP contribution < -0.4 is 5.32 Å². The summed E-state index contributed by atoms with van der Waals surface area (Å²) < 4.78 is 2.05. The highest BCUT2D eigenvalue weighted by Crippen LogP contribution is 2.40. The third-order valence-corrected chi connectivity index (χ3v) is 8.38. The number of carbonyl (C=O) groups is 1. The van der Waals surface area contributed by atoms with Crippen LogP contribution in [-0.2, 0) is 4.79 Å². The Bertz CT molecular complexity index is 1620. The minimum atomic E-state index is -0.483. The van der Waals surface area contributed by atoms with Gasteiger partial charge in [-0.05, 0) is 43.7 Å². The van der Waals surface area contributed by atoms with Gasteiger partial charge in [-0.1, -0.05) is 35.6 Å². The predicted octanol–water partition coefficient (Wildman–Crippen LogP) is 4.11. The van der Waals surface area contributed by atoms with Gasteiger partial charge < -0.3 is 10.2 Å². The van der Waals surface area contributed by atoms with Gasteiger partial charge in [0.15, 0.2) is 5.82 Å². The summed E-state index contributed by atoms with van der Waals surface area (Å²) in [6, 6.07) is 11.0. The van der Waals surface area contributed by atoms with E-state index < -0.39 is 6.04 Å². The number of aliphatic imine (C=N–C) groups is 1. The first kappa shape index (κ1) is 25.4. The number of aryl methyl sites for hydroxylation is 1. The molecule has 3 aromatic heterocycles. The van der Waals surface area contributed by atoms with Gasteiger partial charge in [-0.15, -0.1) is 21.5 Å². The van der Waals surface area contributed by atoms with Crippen LogP contribution in [0.4, 0.5) is 0 Å². The molecule has 39 heavy (non-hydrogen) atoms. The lowest BCUT2D eigenvalue weighted by molar-refractivity contribution is -0.132. The van der Waals surface area contributed by atoms with Crippen molar-refractivity contribution in [1.29, 1.82) is 0 Å². The fourth-order valence-electron chi connectivity index (χ4n) is 4.92. The van der Waals surface area contributed by atoms with E-state index in [1.165, 1.54) is 0 Å². The summed E-state index contributed by atoms with van der Waals surface area (Å²) in [6.07, 6.45) is 3.71. The highest BCUT2D eigenvalue weighted by atomic mass is 35.5. The van der Waals surface area contributed by atoms with Crippen LogP contribution in [0.3, 0.4) is 0 Å². The topological polar surface area (TPSA) is 88.3 Å². The molecule has 1 saturated heterocycles. The second-order valence-corrected chi connectivity index (χ2v) is 10.9. The Morgan fingerprint density at radius 1 is 1.13 bits per heavy atom. The van der Waals surface area contributed by atoms with Crippen molar-refractivity contribution in [2.45, 2.75) is 26.3 Å². The monoisotopic (exact) mass is 555 g/mol. The van der Waals surface area contributed by atoms with Gasteiger partial charge in [-0.25, -0.2) is 0 Å². The van der Waals surface area contributed by atoms with Crippen LogP contribution in [-0.4, -0.2) is 62.4 Å². The van der Waals surface area contributed by atoms with Gasteiger partial charge in [-0.3, -0.25) is 19.3 Å². The Kier molecular flexibility index (Phi) is 7.00. The summed E-state index contributed by atoms with van der Waals surface area (Å²) in [5.74, 6) is 8.06. The van der Waals surface area contributed by atoms with E-state index in [-0.39, 0.29) is 12.3 Å². The van der Waals surface area contributed by atoms with E-state index >= 15 is 0 Å². The van der Waals surface area contributed by atoms with Crippen molar-refractivity contribution in [3.8, 4) is 16.8 Å². The first-order valence-corrected chi connectivity index (χ1v) is 14.0. The summed E-state index contributed by atoms with van der Waals surface area (Å²) in [6.45, 7) is 6.97. The maximum Gasteiger partial charge on any atom is 0.225 e. The second kappa shape index (κ2) is 10.7. The Morgan fingerprint density at radius 3 is 2.67 bits per heavy atom. The molecule has 0 bridgehead atoms. The fraction of sp³-hybridized carbons (Fsp3) is 0.276. The number of carbonyl (C=O) groups excluding carboxylic acids is 1. The van der Waals surface area contributed by atoms with Gasteiger partial charge >= 0.3 is 0 Å². The molecule has 1 amide bonds. The summed E-state index contributed by atoms with van der Waals surface area (Å²) >= 11 is 7.82. The number of amides is 1. The highest BCUT2D eigenvalue weighted by Gasteiger charge is 2.33. The zero-order chi connectivity index (χ0) is 26.9. The molecule has 1 atom stereocenters. The molecule has 1 aromatic carbocycles. The number of fused-ring (bicyclic) bond motifs is 3. The van der Waals surface area contributed by atoms with E-state index in [2.05, 4.69) is 39.3 Å². The van der Waals surface area contributed by atoms with Crippen molar-refractivity contribution in [3.05, 3.63) is 92.6 Å². The fourth-order valence-corrected chi connectivity index (χ4v) is 6.26. The number of thiophene rings is 1. The Morgan fingerprint density at radius 2 is 1.92 bits per heavy atom. The molecule has 4 aromatic rings. The molecule has 0 aliphatic carbocycles. The number of aromatic nitrogens is 4. The van der Waals surface area contributed by atoms with Crippen molar-refractivity contribution in [2.75, 3.05) is 26.2 Å². The van der Waals surface area contributed by atoms with Crippen LogP contribution in [0.1, 0.15) is 51.2 Å². The number of nitrogens with zero attached hydrogens (tertiary/aromatic N) is 6. The van der Waals surface area contributed by atoms with Crippen LogP contribution in [0.2, 0.25) is 5.02 Å². The van der Waals surface area contributed by atoms with E-state index in [1.807, 2.05) is 52.8 Å². The van der Waals surface area contributed by atoms with Crippen molar-refractivity contribution in [2.24, 2.45) is 4.99 Å². The third kappa shape index (κ3) is 4.99. The standard InChI is InChI=1S/C29H26ClN7OS/c1-18-24(10-5-20-4-3-11-32-17-20)39-29-26(18)27(21-6-8-22(30)9-7-21)33-23(28-35-34-19(2)37(28)29)16-25(38)36-14-12-31-13-15-36/h3-4,6-9,11,17,23,31H,12-16H2,1-2H3/t23-/m0/s1. The zero-order valence-corrected chi connectivity index (χ0v) is 23.2. The first-order chi connectivity index (χ1) is 19.0. The van der Waals surface area contributed by atoms with Crippen LogP contribution in [0.25, 0.3) is 5.00 Å². The van der Waals surface area contributed by atoms with Crippen LogP contribution >= 0.6 is 22.9 Å². The Balaban J connectivity index is 1.50. The minimum absolute atomic E-state index is 0.0675. The minimum Gasteiger partial charge on any atom is -0.340 e. The van der Waals surface area contributed by atoms with Gasteiger partial charge in [0.25, 0.3) is 0 Å². The van der Waals surface area contributed by atoms with E-state index in [0.717, 1.165) is 56.8 Å². The molecule has 0 saturated carbocycles. The number of benzene rings is 1. The quantitative estimate of drug-likeness (QED) is 0.384. The third-order valence-electron chi connectivity index (χ3n) is 6.94. The largest absolute Gasteiger partial charge is 0.340 e. The Hall–Kier alpha value is -3.84. The summed E-state index contributed by atoms with van der Waals surface area (Å²) in [5, 5.41) is 13.8. The number of nitrogens with one attached hydrogen (secondary N) is 1. The summed E-state index contributed by atoms with van der Waals surface area (Å²) in [7, 11) is 0. The Labute approximate surface area is 235 Å². The maximum atomic E-state index is 13.4. The molecule has 1 N–H and O–H groups in total. The molecule has 6 rings (SSSR count). The highest BCUT2D eigenvalue weighted by molar-refractivity contribution is 7.15. The average molecular weight is 556 g/mol. The van der Waals surface area contributed by atoms with Gasteiger partial charge in [0.1, 0.15) is 16.9 Å². The molecule has 0 spiro atoms. The smallest absolute Gasteiger partial charge is 0.225 e. The van der Waals surface area contributed by atoms with E-state index in [0.29, 0.717) is 23.9 Å². The normalized spacial score (nSPS) is 16.4. The number of halogens is 1. The number of rotatable bonds is 3. The molecule has 2 aliphatic heterocycles. The molecule has 196 valence electrons. The van der Waals surface area contributed by atoms with Gasteiger partial charge in [0, 0.05) is 60.3 Å². The number of hydrogen-bond acceptors (Lipinski definition) is 7. The van der Waals surface area contributed by atoms with Crippen LogP contribution in [0.5, 0.6) is 0 Å². The number of piperazine rings is 1. The van der Waals surface area contributed by atoms with Crippen LogP contribution in [0.15, 0.2) is 53.8 Å². The molecule has 1 fully saturated rings. The van der Waals surface area contributed by atoms with E-state index in [4.69, 9.17) is 16.6 Å². The average Bonchev–Trinajstić information content (AvgIpc) is 3.46. The first-order valence-electron chi connectivity index (χ1n) is 12.8. The summed E-state index contributed by atoms with van der Waals surface area (Å²) in [4.78, 5) is 25.6. The molecule has 8 nitrogen and oxygen atoms in total. The molecule has 10 heteroatoms. The molecule has 2 aliphatic rings.